The van der Waals surface area contributed by atoms with E-state index in [-0.39, 0.29) is 5.91 Å². The minimum absolute atomic E-state index is 0.000172. The highest BCUT2D eigenvalue weighted by molar-refractivity contribution is 5.91. The Hall–Kier alpha value is -2.21. The molecule has 1 aromatic carbocycles. The minimum Gasteiger partial charge on any atom is -0.339 e. The van der Waals surface area contributed by atoms with E-state index in [2.05, 4.69) is 27.7 Å². The van der Waals surface area contributed by atoms with E-state index in [0.717, 1.165) is 24.3 Å². The number of hydrogen-bond acceptors (Lipinski definition) is 5. The van der Waals surface area contributed by atoms with E-state index in [1.54, 1.807) is 6.92 Å². The van der Waals surface area contributed by atoms with E-state index in [9.17, 15) is 4.79 Å². The van der Waals surface area contributed by atoms with Gasteiger partial charge in [0.25, 0.3) is 0 Å². The molecule has 0 aliphatic carbocycles. The lowest BCUT2D eigenvalue weighted by molar-refractivity contribution is -0.116. The molecule has 0 aliphatic heterocycles. The number of carbonyl (C=O) groups excluding carboxylic acids is 1. The van der Waals surface area contributed by atoms with Gasteiger partial charge in [-0.05, 0) is 31.5 Å². The van der Waals surface area contributed by atoms with Gasteiger partial charge in [-0.3, -0.25) is 4.79 Å². The van der Waals surface area contributed by atoms with Crippen LogP contribution < -0.4 is 10.6 Å². The molecule has 1 amide bonds. The molecule has 0 saturated carbocycles. The molecule has 2 N–H and O–H groups in total. The van der Waals surface area contributed by atoms with E-state index in [0.29, 0.717) is 31.0 Å². The Bertz CT molecular complexity index is 610. The number of para-hydroxylation sites is 1. The zero-order chi connectivity index (χ0) is 15.8. The number of hydrogen-bond donors (Lipinski definition) is 2. The number of nitrogens with zero attached hydrogens (tertiary/aromatic N) is 2. The van der Waals surface area contributed by atoms with Gasteiger partial charge >= 0.3 is 0 Å². The number of aryl methyl sites for hydroxylation is 2. The average Bonchev–Trinajstić information content (AvgIpc) is 2.92. The third-order valence-electron chi connectivity index (χ3n) is 3.22. The predicted molar refractivity (Wildman–Crippen MR) is 84.4 cm³/mol. The zero-order valence-corrected chi connectivity index (χ0v) is 13.1. The molecule has 0 spiro atoms. The minimum atomic E-state index is 0.000172. The summed E-state index contributed by atoms with van der Waals surface area (Å²) in [4.78, 5) is 16.2. The molecule has 0 fully saturated rings. The van der Waals surface area contributed by atoms with Crippen molar-refractivity contribution in [2.24, 2.45) is 0 Å². The molecule has 1 heterocycles. The second-order valence-corrected chi connectivity index (χ2v) is 5.07. The largest absolute Gasteiger partial charge is 0.339 e. The summed E-state index contributed by atoms with van der Waals surface area (Å²) in [5.74, 6) is 1.20. The molecular formula is C16H22N4O2. The molecule has 6 nitrogen and oxygen atoms in total. The third-order valence-corrected chi connectivity index (χ3v) is 3.22. The fourth-order valence-electron chi connectivity index (χ4n) is 2.11. The van der Waals surface area contributed by atoms with E-state index in [1.165, 1.54) is 0 Å². The van der Waals surface area contributed by atoms with Crippen molar-refractivity contribution < 1.29 is 9.32 Å². The SMILES string of the molecule is CCNCc1ccccc1NC(=O)CCCc1nc(C)no1. The van der Waals surface area contributed by atoms with Gasteiger partial charge in [0, 0.05) is 25.1 Å². The van der Waals surface area contributed by atoms with Crippen LogP contribution >= 0.6 is 0 Å². The number of nitrogens with one attached hydrogen (secondary N) is 2. The summed E-state index contributed by atoms with van der Waals surface area (Å²) in [6.45, 7) is 5.47. The lowest BCUT2D eigenvalue weighted by atomic mass is 10.1. The molecule has 0 bridgehead atoms. The molecule has 0 saturated heterocycles. The van der Waals surface area contributed by atoms with Crippen molar-refractivity contribution in [3.63, 3.8) is 0 Å². The number of aromatic nitrogens is 2. The lowest BCUT2D eigenvalue weighted by Crippen LogP contribution is -2.17. The van der Waals surface area contributed by atoms with Crippen LogP contribution in [0.15, 0.2) is 28.8 Å². The average molecular weight is 302 g/mol. The highest BCUT2D eigenvalue weighted by atomic mass is 16.5. The number of amides is 1. The highest BCUT2D eigenvalue weighted by Crippen LogP contribution is 2.15. The van der Waals surface area contributed by atoms with Crippen LogP contribution in [-0.2, 0) is 17.8 Å². The van der Waals surface area contributed by atoms with Gasteiger partial charge in [-0.25, -0.2) is 0 Å². The van der Waals surface area contributed by atoms with Crippen LogP contribution in [0.3, 0.4) is 0 Å². The van der Waals surface area contributed by atoms with Crippen molar-refractivity contribution >= 4 is 11.6 Å². The lowest BCUT2D eigenvalue weighted by Gasteiger charge is -2.11. The maximum Gasteiger partial charge on any atom is 0.226 e. The standard InChI is InChI=1S/C16H22N4O2/c1-3-17-11-13-7-4-5-8-14(13)19-15(21)9-6-10-16-18-12(2)20-22-16/h4-5,7-8,17H,3,6,9-11H2,1-2H3,(H,19,21). The highest BCUT2D eigenvalue weighted by Gasteiger charge is 2.08. The molecule has 2 rings (SSSR count). The molecule has 2 aromatic rings. The number of carbonyl (C=O) groups is 1. The van der Waals surface area contributed by atoms with E-state index >= 15 is 0 Å². The van der Waals surface area contributed by atoms with Gasteiger partial charge in [0.05, 0.1) is 0 Å². The molecule has 0 radical (unpaired) electrons. The van der Waals surface area contributed by atoms with Crippen LogP contribution in [0, 0.1) is 6.92 Å². The Morgan fingerprint density at radius 1 is 1.32 bits per heavy atom. The molecular weight excluding hydrogens is 280 g/mol. The molecule has 0 unspecified atom stereocenters. The van der Waals surface area contributed by atoms with Gasteiger partial charge < -0.3 is 15.2 Å². The molecule has 1 aromatic heterocycles. The fraction of sp³-hybridized carbons (Fsp3) is 0.438. The molecule has 0 atom stereocenters. The van der Waals surface area contributed by atoms with Crippen LogP contribution in [0.4, 0.5) is 5.69 Å². The first kappa shape index (κ1) is 16.2. The second kappa shape index (κ2) is 8.29. The number of anilines is 1. The second-order valence-electron chi connectivity index (χ2n) is 5.07. The first-order valence-electron chi connectivity index (χ1n) is 7.56. The first-order chi connectivity index (χ1) is 10.7. The Morgan fingerprint density at radius 2 is 2.14 bits per heavy atom. The summed E-state index contributed by atoms with van der Waals surface area (Å²) < 4.78 is 5.03. The topological polar surface area (TPSA) is 80.0 Å². The van der Waals surface area contributed by atoms with Gasteiger partial charge in [-0.15, -0.1) is 0 Å². The fourth-order valence-corrected chi connectivity index (χ4v) is 2.11. The summed E-state index contributed by atoms with van der Waals surface area (Å²) in [6, 6.07) is 7.83. The maximum absolute atomic E-state index is 12.0. The van der Waals surface area contributed by atoms with Crippen molar-refractivity contribution in [3.8, 4) is 0 Å². The van der Waals surface area contributed by atoms with Crippen LogP contribution in [0.2, 0.25) is 0 Å². The third kappa shape index (κ3) is 4.96. The van der Waals surface area contributed by atoms with Crippen molar-refractivity contribution in [3.05, 3.63) is 41.5 Å². The molecule has 0 aliphatic rings. The van der Waals surface area contributed by atoms with Crippen LogP contribution in [0.25, 0.3) is 0 Å². The normalized spacial score (nSPS) is 10.6. The van der Waals surface area contributed by atoms with Gasteiger partial charge in [0.1, 0.15) is 0 Å². The summed E-state index contributed by atoms with van der Waals surface area (Å²) in [5, 5.41) is 9.96. The Morgan fingerprint density at radius 3 is 2.86 bits per heavy atom. The summed E-state index contributed by atoms with van der Waals surface area (Å²) in [7, 11) is 0. The Balaban J connectivity index is 1.81. The zero-order valence-electron chi connectivity index (χ0n) is 13.1. The quantitative estimate of drug-likeness (QED) is 0.783. The van der Waals surface area contributed by atoms with Crippen molar-refractivity contribution in [1.82, 2.24) is 15.5 Å². The van der Waals surface area contributed by atoms with Gasteiger partial charge in [0.15, 0.2) is 5.82 Å². The summed E-state index contributed by atoms with van der Waals surface area (Å²) >= 11 is 0. The van der Waals surface area contributed by atoms with Crippen molar-refractivity contribution in [1.29, 1.82) is 0 Å². The van der Waals surface area contributed by atoms with Gasteiger partial charge in [-0.1, -0.05) is 30.3 Å². The molecule has 6 heteroatoms. The van der Waals surface area contributed by atoms with Gasteiger partial charge in [-0.2, -0.15) is 4.98 Å². The van der Waals surface area contributed by atoms with Crippen molar-refractivity contribution in [2.45, 2.75) is 39.7 Å². The van der Waals surface area contributed by atoms with Crippen molar-refractivity contribution in [2.75, 3.05) is 11.9 Å². The molecule has 118 valence electrons. The van der Waals surface area contributed by atoms with E-state index in [1.807, 2.05) is 24.3 Å². The van der Waals surface area contributed by atoms with Crippen LogP contribution in [0.1, 0.15) is 37.0 Å². The Labute approximate surface area is 130 Å². The monoisotopic (exact) mass is 302 g/mol. The number of rotatable bonds is 8. The summed E-state index contributed by atoms with van der Waals surface area (Å²) in [6.07, 6.45) is 1.73. The van der Waals surface area contributed by atoms with Crippen LogP contribution in [0.5, 0.6) is 0 Å². The molecule has 22 heavy (non-hydrogen) atoms. The summed E-state index contributed by atoms with van der Waals surface area (Å²) in [5.41, 5.74) is 1.95. The van der Waals surface area contributed by atoms with E-state index in [4.69, 9.17) is 4.52 Å². The maximum atomic E-state index is 12.0. The predicted octanol–water partition coefficient (Wildman–Crippen LogP) is 2.45. The van der Waals surface area contributed by atoms with Gasteiger partial charge in [0.2, 0.25) is 11.8 Å². The van der Waals surface area contributed by atoms with Crippen LogP contribution in [-0.4, -0.2) is 22.6 Å². The number of benzene rings is 1. The smallest absolute Gasteiger partial charge is 0.226 e. The van der Waals surface area contributed by atoms with E-state index < -0.39 is 0 Å². The Kier molecular flexibility index (Phi) is 6.09. The first-order valence-corrected chi connectivity index (χ1v) is 7.56.